The molecular formula is C23H19Cl2N5O5. The molecule has 1 aromatic heterocycles. The average molecular weight is 516 g/mol. The SMILES string of the molecule is CCOC(=O)c1ccc(NC(=O)C2CC(=O)Nc3nc(Nc4cc(Cl)cc(Cl)c4)[nH]c(=O)c32)cc1. The molecule has 0 saturated heterocycles. The van der Waals surface area contributed by atoms with E-state index in [1.165, 1.54) is 24.3 Å². The van der Waals surface area contributed by atoms with E-state index < -0.39 is 29.3 Å². The third-order valence-corrected chi connectivity index (χ3v) is 5.49. The van der Waals surface area contributed by atoms with Crippen molar-refractivity contribution in [3.63, 3.8) is 0 Å². The fraction of sp³-hybridized carbons (Fsp3) is 0.174. The number of aromatic nitrogens is 2. The summed E-state index contributed by atoms with van der Waals surface area (Å²) >= 11 is 12.0. The van der Waals surface area contributed by atoms with Gasteiger partial charge in [-0.15, -0.1) is 0 Å². The molecule has 180 valence electrons. The quantitative estimate of drug-likeness (QED) is 0.362. The zero-order valence-electron chi connectivity index (χ0n) is 18.3. The molecule has 0 saturated carbocycles. The Morgan fingerprint density at radius 3 is 2.43 bits per heavy atom. The van der Waals surface area contributed by atoms with Crippen molar-refractivity contribution in [2.24, 2.45) is 0 Å². The van der Waals surface area contributed by atoms with Gasteiger partial charge in [-0.1, -0.05) is 23.2 Å². The van der Waals surface area contributed by atoms with Crippen molar-refractivity contribution in [1.29, 1.82) is 0 Å². The third-order valence-electron chi connectivity index (χ3n) is 5.06. The number of amides is 2. The van der Waals surface area contributed by atoms with Crippen LogP contribution in [0.2, 0.25) is 10.0 Å². The minimum absolute atomic E-state index is 0.0277. The minimum atomic E-state index is -1.07. The van der Waals surface area contributed by atoms with Crippen LogP contribution in [-0.2, 0) is 14.3 Å². The lowest BCUT2D eigenvalue weighted by molar-refractivity contribution is -0.123. The normalized spacial score (nSPS) is 14.5. The third kappa shape index (κ3) is 5.61. The predicted octanol–water partition coefficient (Wildman–Crippen LogP) is 4.06. The average Bonchev–Trinajstić information content (AvgIpc) is 2.78. The van der Waals surface area contributed by atoms with E-state index in [0.29, 0.717) is 27.0 Å². The van der Waals surface area contributed by atoms with Crippen LogP contribution in [0.15, 0.2) is 47.3 Å². The van der Waals surface area contributed by atoms with Crippen molar-refractivity contribution < 1.29 is 19.1 Å². The lowest BCUT2D eigenvalue weighted by atomic mass is 9.92. The number of nitrogens with zero attached hydrogens (tertiary/aromatic N) is 1. The van der Waals surface area contributed by atoms with Gasteiger partial charge in [0, 0.05) is 27.8 Å². The predicted molar refractivity (Wildman–Crippen MR) is 132 cm³/mol. The van der Waals surface area contributed by atoms with Gasteiger partial charge in [0.05, 0.1) is 23.7 Å². The van der Waals surface area contributed by atoms with Crippen molar-refractivity contribution in [3.8, 4) is 0 Å². The number of carbonyl (C=O) groups excluding carboxylic acids is 3. The van der Waals surface area contributed by atoms with Crippen LogP contribution in [0, 0.1) is 0 Å². The van der Waals surface area contributed by atoms with Gasteiger partial charge in [-0.25, -0.2) is 4.79 Å². The van der Waals surface area contributed by atoms with Crippen LogP contribution >= 0.6 is 23.2 Å². The maximum atomic E-state index is 13.0. The van der Waals surface area contributed by atoms with Crippen LogP contribution in [-0.4, -0.2) is 34.4 Å². The number of anilines is 4. The number of hydrogen-bond acceptors (Lipinski definition) is 7. The molecule has 1 unspecified atom stereocenters. The molecule has 10 nitrogen and oxygen atoms in total. The zero-order chi connectivity index (χ0) is 25.1. The van der Waals surface area contributed by atoms with Crippen LogP contribution in [0.1, 0.15) is 35.2 Å². The van der Waals surface area contributed by atoms with E-state index in [4.69, 9.17) is 27.9 Å². The first kappa shape index (κ1) is 24.2. The van der Waals surface area contributed by atoms with Crippen molar-refractivity contribution in [2.45, 2.75) is 19.3 Å². The molecule has 4 rings (SSSR count). The van der Waals surface area contributed by atoms with Crippen LogP contribution in [0.5, 0.6) is 0 Å². The number of H-pyrrole nitrogens is 1. The van der Waals surface area contributed by atoms with Crippen molar-refractivity contribution in [2.75, 3.05) is 22.6 Å². The summed E-state index contributed by atoms with van der Waals surface area (Å²) in [7, 11) is 0. The Balaban J connectivity index is 1.57. The molecule has 1 aliphatic heterocycles. The highest BCUT2D eigenvalue weighted by atomic mass is 35.5. The molecule has 35 heavy (non-hydrogen) atoms. The topological polar surface area (TPSA) is 142 Å². The van der Waals surface area contributed by atoms with Gasteiger partial charge in [0.1, 0.15) is 5.82 Å². The van der Waals surface area contributed by atoms with Crippen LogP contribution < -0.4 is 21.5 Å². The summed E-state index contributed by atoms with van der Waals surface area (Å²) in [4.78, 5) is 56.8. The summed E-state index contributed by atoms with van der Waals surface area (Å²) in [6, 6.07) is 10.8. The number of esters is 1. The summed E-state index contributed by atoms with van der Waals surface area (Å²) in [5.41, 5.74) is 0.613. The second-order valence-electron chi connectivity index (χ2n) is 7.55. The van der Waals surface area contributed by atoms with E-state index in [1.807, 2.05) is 0 Å². The fourth-order valence-corrected chi connectivity index (χ4v) is 4.08. The first-order chi connectivity index (χ1) is 16.7. The molecule has 0 radical (unpaired) electrons. The lowest BCUT2D eigenvalue weighted by Gasteiger charge is -2.23. The molecule has 4 N–H and O–H groups in total. The molecule has 3 aromatic rings. The molecule has 2 amide bonds. The summed E-state index contributed by atoms with van der Waals surface area (Å²) < 4.78 is 4.93. The van der Waals surface area contributed by atoms with Gasteiger partial charge in [0.15, 0.2) is 0 Å². The van der Waals surface area contributed by atoms with Gasteiger partial charge in [-0.05, 0) is 49.4 Å². The molecule has 1 atom stereocenters. The van der Waals surface area contributed by atoms with Gasteiger partial charge < -0.3 is 20.7 Å². The maximum absolute atomic E-state index is 13.0. The number of fused-ring (bicyclic) bond motifs is 1. The van der Waals surface area contributed by atoms with Gasteiger partial charge in [-0.3, -0.25) is 19.4 Å². The highest BCUT2D eigenvalue weighted by Gasteiger charge is 2.34. The Labute approximate surface area is 209 Å². The number of benzene rings is 2. The summed E-state index contributed by atoms with van der Waals surface area (Å²) in [5, 5.41) is 8.83. The van der Waals surface area contributed by atoms with E-state index in [9.17, 15) is 19.2 Å². The Morgan fingerprint density at radius 2 is 1.77 bits per heavy atom. The van der Waals surface area contributed by atoms with Gasteiger partial charge in [0.2, 0.25) is 17.8 Å². The van der Waals surface area contributed by atoms with Crippen molar-refractivity contribution in [3.05, 3.63) is 74.0 Å². The Morgan fingerprint density at radius 1 is 1.09 bits per heavy atom. The summed E-state index contributed by atoms with van der Waals surface area (Å²) in [5.74, 6) is -2.59. The highest BCUT2D eigenvalue weighted by molar-refractivity contribution is 6.35. The maximum Gasteiger partial charge on any atom is 0.338 e. The van der Waals surface area contributed by atoms with Crippen molar-refractivity contribution >= 4 is 64.1 Å². The molecule has 0 bridgehead atoms. The molecule has 2 heterocycles. The zero-order valence-corrected chi connectivity index (χ0v) is 19.8. The molecular weight excluding hydrogens is 497 g/mol. The summed E-state index contributed by atoms with van der Waals surface area (Å²) in [6.45, 7) is 1.94. The minimum Gasteiger partial charge on any atom is -0.462 e. The Bertz CT molecular complexity index is 1350. The summed E-state index contributed by atoms with van der Waals surface area (Å²) in [6.07, 6.45) is -0.235. The molecule has 0 fully saturated rings. The van der Waals surface area contributed by atoms with E-state index in [0.717, 1.165) is 0 Å². The molecule has 12 heteroatoms. The monoisotopic (exact) mass is 515 g/mol. The fourth-order valence-electron chi connectivity index (χ4n) is 3.55. The number of rotatable bonds is 6. The molecule has 0 spiro atoms. The van der Waals surface area contributed by atoms with E-state index in [-0.39, 0.29) is 30.4 Å². The van der Waals surface area contributed by atoms with Gasteiger partial charge in [-0.2, -0.15) is 4.98 Å². The molecule has 2 aromatic carbocycles. The number of halogens is 2. The van der Waals surface area contributed by atoms with E-state index in [2.05, 4.69) is 25.9 Å². The first-order valence-corrected chi connectivity index (χ1v) is 11.2. The first-order valence-electron chi connectivity index (χ1n) is 10.5. The van der Waals surface area contributed by atoms with Crippen LogP contribution in [0.3, 0.4) is 0 Å². The molecule has 0 aliphatic carbocycles. The van der Waals surface area contributed by atoms with Crippen LogP contribution in [0.25, 0.3) is 0 Å². The number of ether oxygens (including phenoxy) is 1. The van der Waals surface area contributed by atoms with Gasteiger partial charge >= 0.3 is 5.97 Å². The molecule has 1 aliphatic rings. The van der Waals surface area contributed by atoms with E-state index >= 15 is 0 Å². The lowest BCUT2D eigenvalue weighted by Crippen LogP contribution is -2.36. The van der Waals surface area contributed by atoms with Gasteiger partial charge in [0.25, 0.3) is 5.56 Å². The smallest absolute Gasteiger partial charge is 0.338 e. The second kappa shape index (κ2) is 10.2. The number of nitrogens with one attached hydrogen (secondary N) is 4. The Kier molecular flexibility index (Phi) is 7.04. The standard InChI is InChI=1S/C23H19Cl2N5O5/c1-2-35-22(34)11-3-5-14(6-4-11)26-20(32)16-10-17(31)28-19-18(16)21(33)30-23(29-19)27-15-8-12(24)7-13(25)9-15/h3-9,16H,2,10H2,1H3,(H,26,32)(H3,27,28,29,30,31,33). The largest absolute Gasteiger partial charge is 0.462 e. The number of aromatic amines is 1. The highest BCUT2D eigenvalue weighted by Crippen LogP contribution is 2.31. The van der Waals surface area contributed by atoms with Crippen LogP contribution in [0.4, 0.5) is 23.1 Å². The van der Waals surface area contributed by atoms with E-state index in [1.54, 1.807) is 25.1 Å². The second-order valence-corrected chi connectivity index (χ2v) is 8.42. The number of carbonyl (C=O) groups is 3. The Hall–Kier alpha value is -3.89. The number of hydrogen-bond donors (Lipinski definition) is 4. The van der Waals surface area contributed by atoms with Crippen molar-refractivity contribution in [1.82, 2.24) is 9.97 Å².